The summed E-state index contributed by atoms with van der Waals surface area (Å²) in [6.45, 7) is 3.60. The third-order valence-electron chi connectivity index (χ3n) is 3.44. The molecule has 0 saturated carbocycles. The molecule has 122 valence electrons. The predicted octanol–water partition coefficient (Wildman–Crippen LogP) is 2.89. The molecule has 1 aromatic carbocycles. The van der Waals surface area contributed by atoms with Crippen molar-refractivity contribution in [2.24, 2.45) is 0 Å². The van der Waals surface area contributed by atoms with Gasteiger partial charge in [0, 0.05) is 31.7 Å². The fourth-order valence-electron chi connectivity index (χ4n) is 2.37. The van der Waals surface area contributed by atoms with Crippen LogP contribution in [0.25, 0.3) is 0 Å². The van der Waals surface area contributed by atoms with Crippen LogP contribution >= 0.6 is 24.8 Å². The summed E-state index contributed by atoms with van der Waals surface area (Å²) < 4.78 is 40.2. The average Bonchev–Trinajstić information content (AvgIpc) is 2.40. The number of nitrogens with one attached hydrogen (secondary N) is 1. The van der Waals surface area contributed by atoms with E-state index in [1.165, 1.54) is 19.1 Å². The number of phenols is 1. The van der Waals surface area contributed by atoms with Gasteiger partial charge in [-0.15, -0.1) is 24.8 Å². The van der Waals surface area contributed by atoms with E-state index in [0.717, 1.165) is 0 Å². The smallest absolute Gasteiger partial charge is 0.258 e. The van der Waals surface area contributed by atoms with Crippen LogP contribution in [0.15, 0.2) is 12.1 Å². The normalized spacial score (nSPS) is 17.0. The van der Waals surface area contributed by atoms with Gasteiger partial charge in [0.25, 0.3) is 6.43 Å². The molecule has 8 heteroatoms. The molecule has 0 radical (unpaired) electrons. The number of rotatable bonds is 3. The third kappa shape index (κ3) is 4.39. The first-order chi connectivity index (χ1) is 9.02. The van der Waals surface area contributed by atoms with Crippen molar-refractivity contribution in [2.75, 3.05) is 26.2 Å². The molecule has 0 amide bonds. The van der Waals surface area contributed by atoms with Gasteiger partial charge in [0.05, 0.1) is 0 Å². The van der Waals surface area contributed by atoms with Crippen LogP contribution in [0.3, 0.4) is 0 Å². The number of halogens is 5. The molecule has 1 fully saturated rings. The van der Waals surface area contributed by atoms with E-state index in [-0.39, 0.29) is 35.9 Å². The quantitative estimate of drug-likeness (QED) is 0.883. The number of nitrogens with zero attached hydrogens (tertiary/aromatic N) is 1. The van der Waals surface area contributed by atoms with E-state index in [1.54, 1.807) is 4.90 Å². The number of aromatic hydroxyl groups is 1. The van der Waals surface area contributed by atoms with Gasteiger partial charge in [-0.3, -0.25) is 4.90 Å². The molecule has 1 aromatic rings. The second-order valence-electron chi connectivity index (χ2n) is 4.70. The van der Waals surface area contributed by atoms with Crippen molar-refractivity contribution in [1.29, 1.82) is 0 Å². The highest BCUT2D eigenvalue weighted by atomic mass is 35.5. The van der Waals surface area contributed by atoms with E-state index in [1.807, 2.05) is 0 Å². The van der Waals surface area contributed by atoms with Crippen LogP contribution in [0.4, 0.5) is 13.2 Å². The second kappa shape index (κ2) is 8.68. The van der Waals surface area contributed by atoms with Crippen LogP contribution < -0.4 is 5.32 Å². The maximum Gasteiger partial charge on any atom is 0.258 e. The van der Waals surface area contributed by atoms with Crippen molar-refractivity contribution in [3.05, 3.63) is 29.1 Å². The van der Waals surface area contributed by atoms with Crippen LogP contribution in [0.2, 0.25) is 0 Å². The minimum atomic E-state index is -2.67. The topological polar surface area (TPSA) is 35.5 Å². The minimum Gasteiger partial charge on any atom is -0.505 e. The Kier molecular flexibility index (Phi) is 8.39. The summed E-state index contributed by atoms with van der Waals surface area (Å²) in [4.78, 5) is 1.57. The first-order valence-corrected chi connectivity index (χ1v) is 6.23. The predicted molar refractivity (Wildman–Crippen MR) is 80.5 cm³/mol. The van der Waals surface area contributed by atoms with Crippen LogP contribution in [-0.4, -0.2) is 42.6 Å². The summed E-state index contributed by atoms with van der Waals surface area (Å²) in [5.41, 5.74) is 0.203. The zero-order valence-electron chi connectivity index (χ0n) is 11.5. The largest absolute Gasteiger partial charge is 0.505 e. The van der Waals surface area contributed by atoms with Gasteiger partial charge in [-0.1, -0.05) is 12.1 Å². The Bertz CT molecular complexity index is 457. The van der Waals surface area contributed by atoms with Crippen molar-refractivity contribution >= 4 is 24.8 Å². The van der Waals surface area contributed by atoms with Crippen molar-refractivity contribution < 1.29 is 18.3 Å². The number of piperazine rings is 1. The lowest BCUT2D eigenvalue weighted by atomic mass is 10.0. The third-order valence-corrected chi connectivity index (χ3v) is 3.44. The van der Waals surface area contributed by atoms with Crippen molar-refractivity contribution in [2.45, 2.75) is 19.4 Å². The van der Waals surface area contributed by atoms with Gasteiger partial charge in [0.2, 0.25) is 0 Å². The summed E-state index contributed by atoms with van der Waals surface area (Å²) >= 11 is 0. The molecule has 0 spiro atoms. The number of benzene rings is 1. The SMILES string of the molecule is Cc1ccc([C@@H](C(F)F)N2CCNCC2)c(O)c1F.Cl.Cl. The number of hydrogen-bond donors (Lipinski definition) is 2. The zero-order valence-corrected chi connectivity index (χ0v) is 13.1. The van der Waals surface area contributed by atoms with Gasteiger partial charge in [0.1, 0.15) is 6.04 Å². The first-order valence-electron chi connectivity index (χ1n) is 6.23. The second-order valence-corrected chi connectivity index (χ2v) is 4.70. The average molecular weight is 347 g/mol. The van der Waals surface area contributed by atoms with E-state index >= 15 is 0 Å². The molecule has 0 aliphatic carbocycles. The van der Waals surface area contributed by atoms with Gasteiger partial charge in [-0.25, -0.2) is 13.2 Å². The molecule has 21 heavy (non-hydrogen) atoms. The maximum absolute atomic E-state index is 13.7. The maximum atomic E-state index is 13.7. The summed E-state index contributed by atoms with van der Waals surface area (Å²) in [5, 5.41) is 12.8. The van der Waals surface area contributed by atoms with E-state index < -0.39 is 24.0 Å². The molecule has 3 nitrogen and oxygen atoms in total. The summed E-state index contributed by atoms with van der Waals surface area (Å²) in [7, 11) is 0. The highest BCUT2D eigenvalue weighted by Crippen LogP contribution is 2.36. The molecular weight excluding hydrogens is 328 g/mol. The Morgan fingerprint density at radius 2 is 1.76 bits per heavy atom. The van der Waals surface area contributed by atoms with Crippen LogP contribution in [0.5, 0.6) is 5.75 Å². The molecule has 1 aliphatic rings. The molecule has 1 heterocycles. The molecule has 2 rings (SSSR count). The lowest BCUT2D eigenvalue weighted by Crippen LogP contribution is -2.46. The monoisotopic (exact) mass is 346 g/mol. The van der Waals surface area contributed by atoms with Gasteiger partial charge < -0.3 is 10.4 Å². The molecule has 0 unspecified atom stereocenters. The Morgan fingerprint density at radius 1 is 1.19 bits per heavy atom. The minimum absolute atomic E-state index is 0. The fourth-order valence-corrected chi connectivity index (χ4v) is 2.37. The lowest BCUT2D eigenvalue weighted by Gasteiger charge is -2.35. The van der Waals surface area contributed by atoms with Gasteiger partial charge in [-0.2, -0.15) is 0 Å². The Balaban J connectivity index is 0.00000200. The fraction of sp³-hybridized carbons (Fsp3) is 0.538. The standard InChI is InChI=1S/C13H17F3N2O.2ClH/c1-8-2-3-9(12(19)10(8)14)11(13(15)16)18-6-4-17-5-7-18;;/h2-3,11,13,17,19H,4-7H2,1H3;2*1H/t11-;;/m0../s1. The molecule has 1 aliphatic heterocycles. The van der Waals surface area contributed by atoms with Crippen molar-refractivity contribution in [3.63, 3.8) is 0 Å². The van der Waals surface area contributed by atoms with E-state index in [0.29, 0.717) is 26.2 Å². The summed E-state index contributed by atoms with van der Waals surface area (Å²) in [6.07, 6.45) is -2.67. The van der Waals surface area contributed by atoms with Crippen LogP contribution in [0, 0.1) is 12.7 Å². The number of phenolic OH excluding ortho intramolecular Hbond substituents is 1. The number of alkyl halides is 2. The molecule has 1 atom stereocenters. The van der Waals surface area contributed by atoms with Crippen LogP contribution in [-0.2, 0) is 0 Å². The summed E-state index contributed by atoms with van der Waals surface area (Å²) in [6, 6.07) is 1.53. The lowest BCUT2D eigenvalue weighted by molar-refractivity contribution is 0.0168. The number of aryl methyl sites for hydroxylation is 1. The van der Waals surface area contributed by atoms with Gasteiger partial charge >= 0.3 is 0 Å². The first kappa shape index (κ1) is 20.3. The molecule has 2 N–H and O–H groups in total. The molecular formula is C13H19Cl2F3N2O. The molecule has 0 bridgehead atoms. The van der Waals surface area contributed by atoms with Crippen LogP contribution in [0.1, 0.15) is 17.2 Å². The zero-order chi connectivity index (χ0) is 14.0. The van der Waals surface area contributed by atoms with E-state index in [9.17, 15) is 18.3 Å². The highest BCUT2D eigenvalue weighted by molar-refractivity contribution is 5.85. The molecule has 0 aromatic heterocycles. The molecule has 1 saturated heterocycles. The van der Waals surface area contributed by atoms with Gasteiger partial charge in [0.15, 0.2) is 11.6 Å². The Labute approximate surface area is 134 Å². The highest BCUT2D eigenvalue weighted by Gasteiger charge is 2.33. The van der Waals surface area contributed by atoms with Gasteiger partial charge in [-0.05, 0) is 12.5 Å². The Hall–Kier alpha value is -0.690. The van der Waals surface area contributed by atoms with E-state index in [4.69, 9.17) is 0 Å². The van der Waals surface area contributed by atoms with Crippen molar-refractivity contribution in [1.82, 2.24) is 10.2 Å². The van der Waals surface area contributed by atoms with E-state index in [2.05, 4.69) is 5.32 Å². The Morgan fingerprint density at radius 3 is 2.29 bits per heavy atom. The number of hydrogen-bond acceptors (Lipinski definition) is 3. The van der Waals surface area contributed by atoms with Crippen molar-refractivity contribution in [3.8, 4) is 5.75 Å². The summed E-state index contributed by atoms with van der Waals surface area (Å²) in [5.74, 6) is -1.48.